The highest BCUT2D eigenvalue weighted by molar-refractivity contribution is 6.31. The molecule has 0 spiro atoms. The van der Waals surface area contributed by atoms with Crippen LogP contribution < -0.4 is 9.64 Å². The van der Waals surface area contributed by atoms with Gasteiger partial charge in [0.2, 0.25) is 12.3 Å². The first-order valence-electron chi connectivity index (χ1n) is 11.4. The monoisotopic (exact) mass is 542 g/mol. The van der Waals surface area contributed by atoms with Crippen molar-refractivity contribution in [1.29, 1.82) is 0 Å². The summed E-state index contributed by atoms with van der Waals surface area (Å²) in [6.45, 7) is 8.38. The summed E-state index contributed by atoms with van der Waals surface area (Å²) in [6.07, 6.45) is -4.20. The molecule has 0 unspecified atom stereocenters. The number of hydrogen-bond donors (Lipinski definition) is 0. The maximum Gasteiger partial charge on any atom is 0.417 e. The Kier molecular flexibility index (Phi) is 9.60. The molecule has 0 saturated heterocycles. The fraction of sp³-hybridized carbons (Fsp3) is 0.423. The van der Waals surface area contributed by atoms with Gasteiger partial charge in [0.15, 0.2) is 5.60 Å². The van der Waals surface area contributed by atoms with Crippen molar-refractivity contribution in [2.75, 3.05) is 25.1 Å². The molecule has 0 aromatic heterocycles. The van der Waals surface area contributed by atoms with Crippen LogP contribution in [0.1, 0.15) is 43.0 Å². The second-order valence-electron chi connectivity index (χ2n) is 9.04. The number of benzene rings is 2. The van der Waals surface area contributed by atoms with Crippen molar-refractivity contribution in [3.63, 3.8) is 0 Å². The third-order valence-corrected chi connectivity index (χ3v) is 5.83. The average Bonchev–Trinajstić information content (AvgIpc) is 2.79. The Bertz CT molecular complexity index is 1140. The number of anilines is 1. The zero-order chi connectivity index (χ0) is 28.1. The number of likely N-dealkylation sites (N-methyl/N-ethyl adjacent to an activating group) is 1. The Morgan fingerprint density at radius 1 is 1.08 bits per heavy atom. The van der Waals surface area contributed by atoms with E-state index in [9.17, 15) is 27.6 Å². The lowest BCUT2D eigenvalue weighted by Crippen LogP contribution is -2.40. The Morgan fingerprint density at radius 3 is 2.16 bits per heavy atom. The van der Waals surface area contributed by atoms with E-state index in [4.69, 9.17) is 21.1 Å². The fourth-order valence-electron chi connectivity index (χ4n) is 3.63. The highest BCUT2D eigenvalue weighted by Crippen LogP contribution is 2.36. The number of halogens is 4. The largest absolute Gasteiger partial charge is 0.476 e. The van der Waals surface area contributed by atoms with Crippen molar-refractivity contribution in [1.82, 2.24) is 4.90 Å². The number of esters is 1. The van der Waals surface area contributed by atoms with Crippen LogP contribution in [-0.2, 0) is 31.8 Å². The molecule has 11 heteroatoms. The summed E-state index contributed by atoms with van der Waals surface area (Å²) in [5.41, 5.74) is 0.135. The molecule has 0 N–H and O–H groups in total. The molecular weight excluding hydrogens is 513 g/mol. The van der Waals surface area contributed by atoms with Crippen molar-refractivity contribution in [3.8, 4) is 5.75 Å². The molecule has 0 atom stereocenters. The van der Waals surface area contributed by atoms with Crippen molar-refractivity contribution < 1.29 is 37.0 Å². The van der Waals surface area contributed by atoms with Gasteiger partial charge in [-0.15, -0.1) is 0 Å². The fourth-order valence-corrected chi connectivity index (χ4v) is 3.91. The van der Waals surface area contributed by atoms with E-state index in [1.54, 1.807) is 46.8 Å². The molecular formula is C26H30ClF3N2O5. The highest BCUT2D eigenvalue weighted by atomic mass is 35.5. The number of carbonyl (C=O) groups is 3. The molecule has 0 aliphatic heterocycles. The van der Waals surface area contributed by atoms with Gasteiger partial charge < -0.3 is 14.4 Å². The van der Waals surface area contributed by atoms with Crippen LogP contribution in [-0.4, -0.2) is 49.0 Å². The summed E-state index contributed by atoms with van der Waals surface area (Å²) >= 11 is 5.77. The first-order chi connectivity index (χ1) is 17.1. The van der Waals surface area contributed by atoms with Gasteiger partial charge in [0.05, 0.1) is 30.3 Å². The smallest absolute Gasteiger partial charge is 0.417 e. The Morgan fingerprint density at radius 2 is 1.68 bits per heavy atom. The van der Waals surface area contributed by atoms with Crippen molar-refractivity contribution in [3.05, 3.63) is 57.6 Å². The van der Waals surface area contributed by atoms with E-state index in [2.05, 4.69) is 0 Å². The van der Waals surface area contributed by atoms with Gasteiger partial charge >= 0.3 is 12.1 Å². The van der Waals surface area contributed by atoms with Gasteiger partial charge in [0, 0.05) is 12.7 Å². The molecule has 2 amide bonds. The van der Waals surface area contributed by atoms with Crippen LogP contribution in [0.25, 0.3) is 0 Å². The molecule has 202 valence electrons. The number of ether oxygens (including phenoxy) is 2. The maximum atomic E-state index is 13.0. The van der Waals surface area contributed by atoms with Gasteiger partial charge in [-0.25, -0.2) is 4.79 Å². The SMILES string of the molecule is CCOC(=O)C(C)(C)Oc1c(C)cc(CN(C=O)C(=O)CN(C)c2ccc(C(F)(F)F)c(Cl)c2)cc1C. The highest BCUT2D eigenvalue weighted by Gasteiger charge is 2.34. The van der Waals surface area contributed by atoms with E-state index in [0.717, 1.165) is 17.0 Å². The lowest BCUT2D eigenvalue weighted by atomic mass is 10.0. The average molecular weight is 543 g/mol. The summed E-state index contributed by atoms with van der Waals surface area (Å²) in [4.78, 5) is 39.1. The number of rotatable bonds is 10. The lowest BCUT2D eigenvalue weighted by molar-refractivity contribution is -0.158. The molecule has 37 heavy (non-hydrogen) atoms. The number of nitrogens with zero attached hydrogens (tertiary/aromatic N) is 2. The summed E-state index contributed by atoms with van der Waals surface area (Å²) < 4.78 is 49.9. The maximum absolute atomic E-state index is 13.0. The number of aryl methyl sites for hydroxylation is 2. The third-order valence-electron chi connectivity index (χ3n) is 5.52. The van der Waals surface area contributed by atoms with Gasteiger partial charge in [-0.1, -0.05) is 23.7 Å². The molecule has 2 rings (SSSR count). The quantitative estimate of drug-likeness (QED) is 0.299. The van der Waals surface area contributed by atoms with E-state index >= 15 is 0 Å². The summed E-state index contributed by atoms with van der Waals surface area (Å²) in [6, 6.07) is 6.65. The minimum atomic E-state index is -4.59. The molecule has 0 fully saturated rings. The van der Waals surface area contributed by atoms with Crippen LogP contribution >= 0.6 is 11.6 Å². The molecule has 0 radical (unpaired) electrons. The van der Waals surface area contributed by atoms with Crippen molar-refractivity contribution >= 4 is 35.6 Å². The van der Waals surface area contributed by atoms with Gasteiger partial charge in [-0.05, 0) is 69.5 Å². The molecule has 0 aliphatic rings. The third kappa shape index (κ3) is 7.61. The van der Waals surface area contributed by atoms with E-state index in [-0.39, 0.29) is 25.4 Å². The van der Waals surface area contributed by atoms with E-state index in [1.807, 2.05) is 0 Å². The Balaban J connectivity index is 2.15. The van der Waals surface area contributed by atoms with Gasteiger partial charge in [0.25, 0.3) is 0 Å². The molecule has 7 nitrogen and oxygen atoms in total. The second kappa shape index (κ2) is 11.9. The normalized spacial score (nSPS) is 11.6. The zero-order valence-electron chi connectivity index (χ0n) is 21.5. The predicted octanol–water partition coefficient (Wildman–Crippen LogP) is 5.32. The lowest BCUT2D eigenvalue weighted by Gasteiger charge is -2.27. The van der Waals surface area contributed by atoms with E-state index < -0.39 is 34.2 Å². The minimum absolute atomic E-state index is 0.0346. The van der Waals surface area contributed by atoms with Crippen LogP contribution in [0.2, 0.25) is 5.02 Å². The first-order valence-corrected chi connectivity index (χ1v) is 11.8. The van der Waals surface area contributed by atoms with Crippen LogP contribution in [0.3, 0.4) is 0 Å². The molecule has 0 bridgehead atoms. The first kappa shape index (κ1) is 30.0. The number of amides is 2. The van der Waals surface area contributed by atoms with Crippen LogP contribution in [0.5, 0.6) is 5.75 Å². The number of imide groups is 1. The molecule has 2 aromatic carbocycles. The molecule has 0 saturated carbocycles. The van der Waals surface area contributed by atoms with Gasteiger partial charge in [-0.3, -0.25) is 14.5 Å². The Hall–Kier alpha value is -3.27. The zero-order valence-corrected chi connectivity index (χ0v) is 22.3. The van der Waals surface area contributed by atoms with Gasteiger partial charge in [-0.2, -0.15) is 13.2 Å². The van der Waals surface area contributed by atoms with Crippen LogP contribution in [0.15, 0.2) is 30.3 Å². The summed E-state index contributed by atoms with van der Waals surface area (Å²) in [5, 5.41) is -0.490. The topological polar surface area (TPSA) is 76.1 Å². The molecule has 0 heterocycles. The van der Waals surface area contributed by atoms with Crippen LogP contribution in [0, 0.1) is 13.8 Å². The summed E-state index contributed by atoms with van der Waals surface area (Å²) in [5.74, 6) is -0.577. The second-order valence-corrected chi connectivity index (χ2v) is 9.44. The van der Waals surface area contributed by atoms with Crippen molar-refractivity contribution in [2.45, 2.75) is 52.9 Å². The minimum Gasteiger partial charge on any atom is -0.476 e. The van der Waals surface area contributed by atoms with E-state index in [1.165, 1.54) is 18.0 Å². The molecule has 0 aliphatic carbocycles. The number of hydrogen-bond acceptors (Lipinski definition) is 6. The standard InChI is InChI=1S/C26H30ClF3N2O5/c1-7-36-24(35)25(4,5)37-23-16(2)10-18(11-17(23)3)13-32(15-33)22(34)14-31(6)19-8-9-20(21(27)12-19)26(28,29)30/h8-12,15H,7,13-14H2,1-6H3. The number of carbonyl (C=O) groups excluding carboxylic acids is 3. The van der Waals surface area contributed by atoms with Gasteiger partial charge in [0.1, 0.15) is 5.75 Å². The molecule has 2 aromatic rings. The Labute approximate surface area is 219 Å². The predicted molar refractivity (Wildman–Crippen MR) is 134 cm³/mol. The number of alkyl halides is 3. The van der Waals surface area contributed by atoms with Crippen molar-refractivity contribution in [2.24, 2.45) is 0 Å². The van der Waals surface area contributed by atoms with E-state index in [0.29, 0.717) is 28.8 Å². The summed E-state index contributed by atoms with van der Waals surface area (Å²) in [7, 11) is 1.51. The van der Waals surface area contributed by atoms with Crippen LogP contribution in [0.4, 0.5) is 18.9 Å².